The lowest BCUT2D eigenvalue weighted by molar-refractivity contribution is 0.0571. The van der Waals surface area contributed by atoms with Crippen LogP contribution in [-0.2, 0) is 0 Å². The molecule has 178 valence electrons. The van der Waals surface area contributed by atoms with Crippen LogP contribution in [-0.4, -0.2) is 26.7 Å². The summed E-state index contributed by atoms with van der Waals surface area (Å²) in [7, 11) is 0. The number of pyridine rings is 1. The number of carbonyl (C=O) groups excluding carboxylic acids is 1. The lowest BCUT2D eigenvalue weighted by atomic mass is 9.88. The molecule has 35 heavy (non-hydrogen) atoms. The van der Waals surface area contributed by atoms with E-state index in [1.807, 2.05) is 75.4 Å². The van der Waals surface area contributed by atoms with Crippen molar-refractivity contribution in [2.24, 2.45) is 0 Å². The number of rotatable bonds is 4. The summed E-state index contributed by atoms with van der Waals surface area (Å²) in [4.78, 5) is 17.9. The number of hydrogen-bond acceptors (Lipinski definition) is 4. The Morgan fingerprint density at radius 3 is 2.51 bits per heavy atom. The number of nitrogens with one attached hydrogen (secondary N) is 2. The maximum Gasteiger partial charge on any atom is 0.272 e. The van der Waals surface area contributed by atoms with E-state index in [0.717, 1.165) is 27.9 Å². The zero-order valence-corrected chi connectivity index (χ0v) is 21.0. The fraction of sp³-hybridized carbons (Fsp3) is 0.222. The first-order valence-corrected chi connectivity index (χ1v) is 12.0. The molecule has 3 heterocycles. The quantitative estimate of drug-likeness (QED) is 0.319. The number of aromatic nitrogens is 3. The lowest BCUT2D eigenvalue weighted by Crippen LogP contribution is -2.41. The lowest BCUT2D eigenvalue weighted by Gasteiger charge is -2.37. The Kier molecular flexibility index (Phi) is 6.03. The molecule has 0 saturated carbocycles. The van der Waals surface area contributed by atoms with Gasteiger partial charge in [-0.05, 0) is 56.7 Å². The third-order valence-electron chi connectivity index (χ3n) is 5.99. The van der Waals surface area contributed by atoms with Crippen LogP contribution in [0.15, 0.2) is 60.7 Å². The number of aryl methyl sites for hydroxylation is 1. The molecule has 2 N–H and O–H groups in total. The van der Waals surface area contributed by atoms with Crippen LogP contribution in [0.25, 0.3) is 22.4 Å². The van der Waals surface area contributed by atoms with Crippen molar-refractivity contribution in [3.8, 4) is 28.3 Å². The molecular weight excluding hydrogens is 483 g/mol. The van der Waals surface area contributed by atoms with Crippen LogP contribution in [0.1, 0.15) is 48.1 Å². The van der Waals surface area contributed by atoms with Gasteiger partial charge in [0.25, 0.3) is 5.91 Å². The summed E-state index contributed by atoms with van der Waals surface area (Å²) in [5, 5.41) is 11.3. The summed E-state index contributed by atoms with van der Waals surface area (Å²) in [6.07, 6.45) is 0.572. The Hall–Kier alpha value is -3.35. The van der Waals surface area contributed by atoms with Gasteiger partial charge in [-0.25, -0.2) is 4.98 Å². The topological polar surface area (TPSA) is 79.9 Å². The number of halogens is 2. The molecule has 2 aromatic heterocycles. The molecule has 6 nitrogen and oxygen atoms in total. The minimum Gasteiger partial charge on any atom is -0.471 e. The third-order valence-corrected chi connectivity index (χ3v) is 6.57. The van der Waals surface area contributed by atoms with Gasteiger partial charge in [0.1, 0.15) is 11.3 Å². The van der Waals surface area contributed by atoms with E-state index in [9.17, 15) is 4.79 Å². The van der Waals surface area contributed by atoms with Gasteiger partial charge in [0.05, 0.1) is 11.7 Å². The van der Waals surface area contributed by atoms with Gasteiger partial charge in [-0.2, -0.15) is 5.10 Å². The fourth-order valence-electron chi connectivity index (χ4n) is 4.35. The van der Waals surface area contributed by atoms with Crippen molar-refractivity contribution in [1.82, 2.24) is 20.5 Å². The Morgan fingerprint density at radius 1 is 1.09 bits per heavy atom. The van der Waals surface area contributed by atoms with E-state index in [-0.39, 0.29) is 11.9 Å². The molecule has 0 fully saturated rings. The Bertz CT molecular complexity index is 1410. The van der Waals surface area contributed by atoms with Crippen molar-refractivity contribution in [2.45, 2.75) is 38.8 Å². The zero-order valence-electron chi connectivity index (χ0n) is 19.5. The average molecular weight is 507 g/mol. The van der Waals surface area contributed by atoms with E-state index >= 15 is 0 Å². The van der Waals surface area contributed by atoms with Gasteiger partial charge in [-0.3, -0.25) is 9.89 Å². The normalized spacial score (nSPS) is 16.3. The van der Waals surface area contributed by atoms with Gasteiger partial charge < -0.3 is 10.1 Å². The molecule has 1 atom stereocenters. The highest BCUT2D eigenvalue weighted by atomic mass is 35.5. The van der Waals surface area contributed by atoms with Gasteiger partial charge in [0.15, 0.2) is 0 Å². The van der Waals surface area contributed by atoms with Gasteiger partial charge in [0.2, 0.25) is 5.88 Å². The summed E-state index contributed by atoms with van der Waals surface area (Å²) < 4.78 is 6.30. The smallest absolute Gasteiger partial charge is 0.272 e. The van der Waals surface area contributed by atoms with E-state index in [0.29, 0.717) is 33.7 Å². The molecule has 1 aliphatic rings. The van der Waals surface area contributed by atoms with Crippen LogP contribution >= 0.6 is 23.2 Å². The van der Waals surface area contributed by atoms with Crippen LogP contribution in [0.5, 0.6) is 5.88 Å². The highest BCUT2D eigenvalue weighted by molar-refractivity contribution is 6.33. The Labute approximate surface area is 213 Å². The summed E-state index contributed by atoms with van der Waals surface area (Å²) in [5.74, 6) is 0.212. The molecule has 0 bridgehead atoms. The number of ether oxygens (including phenoxy) is 1. The molecule has 1 amide bonds. The van der Waals surface area contributed by atoms with Gasteiger partial charge in [0, 0.05) is 38.9 Å². The molecular formula is C27H24Cl2N4O2. The number of aromatic amines is 1. The van der Waals surface area contributed by atoms with E-state index in [4.69, 9.17) is 32.9 Å². The molecule has 0 unspecified atom stereocenters. The Balaban J connectivity index is 1.66. The average Bonchev–Trinajstić information content (AvgIpc) is 3.25. The number of nitrogens with zero attached hydrogens (tertiary/aromatic N) is 2. The molecule has 0 radical (unpaired) electrons. The Morgan fingerprint density at radius 2 is 1.83 bits per heavy atom. The first kappa shape index (κ1) is 23.4. The maximum absolute atomic E-state index is 13.0. The van der Waals surface area contributed by atoms with Crippen molar-refractivity contribution in [2.75, 3.05) is 0 Å². The molecule has 5 rings (SSSR count). The summed E-state index contributed by atoms with van der Waals surface area (Å²) in [5.41, 5.74) is 4.70. The minimum atomic E-state index is -0.543. The van der Waals surface area contributed by atoms with Gasteiger partial charge in [-0.15, -0.1) is 0 Å². The maximum atomic E-state index is 13.0. The van der Waals surface area contributed by atoms with E-state index in [1.165, 1.54) is 0 Å². The van der Waals surface area contributed by atoms with E-state index in [2.05, 4.69) is 15.5 Å². The minimum absolute atomic E-state index is 0.258. The molecule has 0 saturated heterocycles. The highest BCUT2D eigenvalue weighted by Gasteiger charge is 2.37. The predicted octanol–water partition coefficient (Wildman–Crippen LogP) is 6.79. The highest BCUT2D eigenvalue weighted by Crippen LogP contribution is 2.44. The molecule has 2 aromatic carbocycles. The second-order valence-corrected chi connectivity index (χ2v) is 10.1. The van der Waals surface area contributed by atoms with Gasteiger partial charge >= 0.3 is 0 Å². The van der Waals surface area contributed by atoms with E-state index in [1.54, 1.807) is 6.07 Å². The molecule has 1 aliphatic heterocycles. The van der Waals surface area contributed by atoms with Crippen LogP contribution in [0.3, 0.4) is 0 Å². The van der Waals surface area contributed by atoms with Gasteiger partial charge in [-0.1, -0.05) is 53.5 Å². The molecule has 0 aliphatic carbocycles. The number of carbonyl (C=O) groups is 1. The summed E-state index contributed by atoms with van der Waals surface area (Å²) >= 11 is 12.7. The second kappa shape index (κ2) is 9.02. The van der Waals surface area contributed by atoms with E-state index < -0.39 is 5.60 Å². The summed E-state index contributed by atoms with van der Waals surface area (Å²) in [6.45, 7) is 5.82. The number of hydrogen-bond donors (Lipinski definition) is 2. The van der Waals surface area contributed by atoms with Crippen LogP contribution in [0, 0.1) is 6.92 Å². The largest absolute Gasteiger partial charge is 0.471 e. The standard InChI is InChI=1S/C27H24Cl2N4O2/c1-15-12-22(33-32-15)25(34)30-23-14-27(2,3)35-26-20(23)13-19(16-8-10-17(28)11-9-16)24(31-26)18-6-4-5-7-21(18)29/h4-13,23H,14H2,1-3H3,(H,30,34)(H,32,33)/t23-/m1/s1. The van der Waals surface area contributed by atoms with Crippen molar-refractivity contribution in [3.63, 3.8) is 0 Å². The third kappa shape index (κ3) is 4.77. The van der Waals surface area contributed by atoms with Crippen LogP contribution in [0.2, 0.25) is 10.0 Å². The van der Waals surface area contributed by atoms with Crippen molar-refractivity contribution < 1.29 is 9.53 Å². The number of amides is 1. The number of H-pyrrole nitrogens is 1. The first-order valence-electron chi connectivity index (χ1n) is 11.3. The predicted molar refractivity (Wildman–Crippen MR) is 138 cm³/mol. The fourth-order valence-corrected chi connectivity index (χ4v) is 4.70. The molecule has 0 spiro atoms. The number of fused-ring (bicyclic) bond motifs is 1. The van der Waals surface area contributed by atoms with Crippen molar-refractivity contribution in [3.05, 3.63) is 87.7 Å². The molecule has 8 heteroatoms. The first-order chi connectivity index (χ1) is 16.7. The van der Waals surface area contributed by atoms with Crippen molar-refractivity contribution in [1.29, 1.82) is 0 Å². The monoisotopic (exact) mass is 506 g/mol. The van der Waals surface area contributed by atoms with Crippen LogP contribution < -0.4 is 10.1 Å². The SMILES string of the molecule is Cc1cc(C(=O)N[C@@H]2CC(C)(C)Oc3nc(-c4ccccc4Cl)c(-c4ccc(Cl)cc4)cc32)n[nH]1. The van der Waals surface area contributed by atoms with Crippen LogP contribution in [0.4, 0.5) is 0 Å². The van der Waals surface area contributed by atoms with Crippen molar-refractivity contribution >= 4 is 29.1 Å². The summed E-state index contributed by atoms with van der Waals surface area (Å²) in [6, 6.07) is 18.6. The number of benzene rings is 2. The zero-order chi connectivity index (χ0) is 24.7. The molecule has 4 aromatic rings. The second-order valence-electron chi connectivity index (χ2n) is 9.29.